The van der Waals surface area contributed by atoms with Crippen LogP contribution in [0.25, 0.3) is 16.6 Å². The number of ketones is 1. The van der Waals surface area contributed by atoms with Gasteiger partial charge < -0.3 is 0 Å². The summed E-state index contributed by atoms with van der Waals surface area (Å²) in [4.78, 5) is 18.3. The van der Waals surface area contributed by atoms with E-state index < -0.39 is 0 Å². The van der Waals surface area contributed by atoms with Crippen molar-refractivity contribution < 1.29 is 4.79 Å². The molecular formula is C21H14N2OS. The number of carbonyl (C=O) groups is 1. The molecule has 25 heavy (non-hydrogen) atoms. The Morgan fingerprint density at radius 2 is 1.92 bits per heavy atom. The van der Waals surface area contributed by atoms with Gasteiger partial charge in [0.05, 0.1) is 22.2 Å². The number of allylic oxidation sites excluding steroid dienone is 1. The first kappa shape index (κ1) is 15.5. The number of aryl methyl sites for hydroxylation is 1. The first-order valence-electron chi connectivity index (χ1n) is 8.05. The van der Waals surface area contributed by atoms with E-state index in [1.54, 1.807) is 12.1 Å². The van der Waals surface area contributed by atoms with Gasteiger partial charge in [-0.2, -0.15) is 5.26 Å². The molecule has 0 aliphatic heterocycles. The summed E-state index contributed by atoms with van der Waals surface area (Å²) >= 11 is 1.46. The van der Waals surface area contributed by atoms with Crippen molar-refractivity contribution in [2.75, 3.05) is 0 Å². The van der Waals surface area contributed by atoms with Gasteiger partial charge in [0.15, 0.2) is 0 Å². The monoisotopic (exact) mass is 342 g/mol. The quantitative estimate of drug-likeness (QED) is 0.623. The van der Waals surface area contributed by atoms with Crippen LogP contribution in [0.1, 0.15) is 32.9 Å². The number of nitrogens with zero attached hydrogens (tertiary/aromatic N) is 2. The van der Waals surface area contributed by atoms with E-state index in [4.69, 9.17) is 5.26 Å². The lowest BCUT2D eigenvalue weighted by Gasteiger charge is -2.12. The second-order valence-corrected chi connectivity index (χ2v) is 6.90. The fraction of sp³-hybridized carbons (Fsp3) is 0.0952. The van der Waals surface area contributed by atoms with E-state index in [9.17, 15) is 4.79 Å². The maximum Gasteiger partial charge on any atom is 0.200 e. The summed E-state index contributed by atoms with van der Waals surface area (Å²) in [6.45, 7) is 0. The molecular weight excluding hydrogens is 328 g/mol. The Balaban J connectivity index is 1.68. The Labute approximate surface area is 149 Å². The van der Waals surface area contributed by atoms with Crippen LogP contribution in [0.3, 0.4) is 0 Å². The first-order chi connectivity index (χ1) is 12.2. The molecule has 1 aliphatic carbocycles. The van der Waals surface area contributed by atoms with Gasteiger partial charge in [0.1, 0.15) is 5.01 Å². The van der Waals surface area contributed by atoms with Gasteiger partial charge in [-0.15, -0.1) is 11.3 Å². The van der Waals surface area contributed by atoms with Crippen LogP contribution >= 0.6 is 11.3 Å². The van der Waals surface area contributed by atoms with Gasteiger partial charge in [-0.25, -0.2) is 4.98 Å². The van der Waals surface area contributed by atoms with E-state index in [1.165, 1.54) is 11.3 Å². The molecule has 3 nitrogen and oxygen atoms in total. The molecule has 0 saturated carbocycles. The lowest BCUT2D eigenvalue weighted by molar-refractivity contribution is 0.103. The summed E-state index contributed by atoms with van der Waals surface area (Å²) in [6.07, 6.45) is 3.35. The normalized spacial score (nSPS) is 15.0. The number of Topliss-reactive ketones (excluding diaryl/α,β-unsaturated/α-hetero) is 1. The number of rotatable bonds is 2. The third-order valence-electron chi connectivity index (χ3n) is 4.20. The van der Waals surface area contributed by atoms with Crippen LogP contribution in [-0.4, -0.2) is 10.8 Å². The average Bonchev–Trinajstić information content (AvgIpc) is 3.10. The topological polar surface area (TPSA) is 53.8 Å². The van der Waals surface area contributed by atoms with Crippen molar-refractivity contribution in [3.63, 3.8) is 0 Å². The third-order valence-corrected chi connectivity index (χ3v) is 5.35. The fourth-order valence-electron chi connectivity index (χ4n) is 2.95. The van der Waals surface area contributed by atoms with Crippen molar-refractivity contribution in [3.05, 3.63) is 81.9 Å². The molecule has 1 aliphatic rings. The molecule has 0 saturated heterocycles. The predicted molar refractivity (Wildman–Crippen MR) is 99.3 cm³/mol. The van der Waals surface area contributed by atoms with E-state index in [2.05, 4.69) is 11.1 Å². The molecule has 120 valence electrons. The zero-order valence-corrected chi connectivity index (χ0v) is 14.2. The van der Waals surface area contributed by atoms with E-state index in [-0.39, 0.29) is 5.78 Å². The lowest BCUT2D eigenvalue weighted by atomic mass is 9.93. The number of carbonyl (C=O) groups excluding carboxylic acids is 1. The molecule has 0 N–H and O–H groups in total. The van der Waals surface area contributed by atoms with Crippen LogP contribution in [0, 0.1) is 11.3 Å². The number of benzene rings is 2. The Kier molecular flexibility index (Phi) is 4.01. The standard InChI is InChI=1S/C21H14N2OS/c22-13-15-6-4-5-14(11-15)12-17-9-10-18-20(19(17)24)25-21(23-18)16-7-2-1-3-8-16/h1-8,11-12H,9-10H2. The summed E-state index contributed by atoms with van der Waals surface area (Å²) in [5, 5.41) is 9.91. The highest BCUT2D eigenvalue weighted by Crippen LogP contribution is 2.34. The van der Waals surface area contributed by atoms with Gasteiger partial charge in [-0.1, -0.05) is 42.5 Å². The van der Waals surface area contributed by atoms with E-state index >= 15 is 0 Å². The van der Waals surface area contributed by atoms with E-state index in [0.29, 0.717) is 12.0 Å². The number of aromatic nitrogens is 1. The SMILES string of the molecule is N#Cc1cccc(C=C2CCc3nc(-c4ccccc4)sc3C2=O)c1. The number of thiazole rings is 1. The van der Waals surface area contributed by atoms with Gasteiger partial charge in [0, 0.05) is 11.1 Å². The van der Waals surface area contributed by atoms with Gasteiger partial charge in [0.25, 0.3) is 0 Å². The number of fused-ring (bicyclic) bond motifs is 1. The molecule has 0 spiro atoms. The van der Waals surface area contributed by atoms with Crippen molar-refractivity contribution in [2.24, 2.45) is 0 Å². The van der Waals surface area contributed by atoms with Gasteiger partial charge in [0.2, 0.25) is 5.78 Å². The maximum absolute atomic E-state index is 12.9. The van der Waals surface area contributed by atoms with Crippen LogP contribution in [-0.2, 0) is 6.42 Å². The fourth-order valence-corrected chi connectivity index (χ4v) is 4.04. The van der Waals surface area contributed by atoms with Crippen LogP contribution in [0.5, 0.6) is 0 Å². The Bertz CT molecular complexity index is 1030. The molecule has 0 fully saturated rings. The van der Waals surface area contributed by atoms with Crippen molar-refractivity contribution in [1.82, 2.24) is 4.98 Å². The molecule has 4 heteroatoms. The Morgan fingerprint density at radius 1 is 1.08 bits per heavy atom. The second kappa shape index (κ2) is 6.46. The van der Waals surface area contributed by atoms with Crippen LogP contribution in [0.2, 0.25) is 0 Å². The van der Waals surface area contributed by atoms with Crippen LogP contribution in [0.4, 0.5) is 0 Å². The number of hydrogen-bond donors (Lipinski definition) is 0. The summed E-state index contributed by atoms with van der Waals surface area (Å²) in [7, 11) is 0. The second-order valence-electron chi connectivity index (χ2n) is 5.90. The molecule has 0 amide bonds. The summed E-state index contributed by atoms with van der Waals surface area (Å²) in [5.74, 6) is 0.0586. The minimum absolute atomic E-state index is 0.0586. The summed E-state index contributed by atoms with van der Waals surface area (Å²) in [5.41, 5.74) is 4.21. The highest BCUT2D eigenvalue weighted by molar-refractivity contribution is 7.17. The Hall–Kier alpha value is -3.03. The molecule has 0 radical (unpaired) electrons. The Morgan fingerprint density at radius 3 is 2.72 bits per heavy atom. The molecule has 0 unspecified atom stereocenters. The largest absolute Gasteiger partial charge is 0.288 e. The smallest absolute Gasteiger partial charge is 0.200 e. The van der Waals surface area contributed by atoms with Crippen molar-refractivity contribution in [3.8, 4) is 16.6 Å². The number of nitriles is 1. The van der Waals surface area contributed by atoms with Crippen molar-refractivity contribution in [1.29, 1.82) is 5.26 Å². The minimum Gasteiger partial charge on any atom is -0.288 e. The van der Waals surface area contributed by atoms with Gasteiger partial charge in [-0.05, 0) is 36.6 Å². The zero-order valence-electron chi connectivity index (χ0n) is 13.4. The van der Waals surface area contributed by atoms with Crippen molar-refractivity contribution in [2.45, 2.75) is 12.8 Å². The van der Waals surface area contributed by atoms with Crippen LogP contribution < -0.4 is 0 Å². The molecule has 3 aromatic rings. The summed E-state index contributed by atoms with van der Waals surface area (Å²) < 4.78 is 0. The maximum atomic E-state index is 12.9. The van der Waals surface area contributed by atoms with Gasteiger partial charge >= 0.3 is 0 Å². The van der Waals surface area contributed by atoms with E-state index in [1.807, 2.05) is 48.5 Å². The van der Waals surface area contributed by atoms with E-state index in [0.717, 1.165) is 38.7 Å². The minimum atomic E-state index is 0.0586. The lowest BCUT2D eigenvalue weighted by Crippen LogP contribution is -2.12. The molecule has 1 heterocycles. The predicted octanol–water partition coefficient (Wildman–Crippen LogP) is 4.89. The van der Waals surface area contributed by atoms with Gasteiger partial charge in [-0.3, -0.25) is 4.79 Å². The zero-order chi connectivity index (χ0) is 17.2. The highest BCUT2D eigenvalue weighted by Gasteiger charge is 2.26. The van der Waals surface area contributed by atoms with Crippen molar-refractivity contribution >= 4 is 23.2 Å². The number of hydrogen-bond acceptors (Lipinski definition) is 4. The molecule has 0 atom stereocenters. The first-order valence-corrected chi connectivity index (χ1v) is 8.87. The molecule has 4 rings (SSSR count). The molecule has 2 aromatic carbocycles. The summed E-state index contributed by atoms with van der Waals surface area (Å²) in [6, 6.07) is 19.4. The molecule has 0 bridgehead atoms. The third kappa shape index (κ3) is 3.02. The molecule has 1 aromatic heterocycles. The van der Waals surface area contributed by atoms with Crippen LogP contribution in [0.15, 0.2) is 60.2 Å². The highest BCUT2D eigenvalue weighted by atomic mass is 32.1. The average molecular weight is 342 g/mol.